The van der Waals surface area contributed by atoms with Crippen molar-refractivity contribution in [3.05, 3.63) is 23.7 Å². The van der Waals surface area contributed by atoms with Crippen molar-refractivity contribution in [2.45, 2.75) is 0 Å². The molecule has 0 unspecified atom stereocenters. The zero-order valence-electron chi connectivity index (χ0n) is 7.08. The van der Waals surface area contributed by atoms with Gasteiger partial charge in [0.15, 0.2) is 11.0 Å². The smallest absolute Gasteiger partial charge is 0.222 e. The van der Waals surface area contributed by atoms with E-state index in [1.165, 1.54) is 16.2 Å². The van der Waals surface area contributed by atoms with Crippen molar-refractivity contribution in [1.29, 1.82) is 0 Å². The maximum atomic E-state index is 10.8. The molecular weight excluding hydrogens is 202 g/mol. The van der Waals surface area contributed by atoms with Gasteiger partial charge in [-0.05, 0) is 0 Å². The van der Waals surface area contributed by atoms with E-state index in [2.05, 4.69) is 4.98 Å². The fourth-order valence-electron chi connectivity index (χ4n) is 0.998. The summed E-state index contributed by atoms with van der Waals surface area (Å²) in [6.07, 6.45) is 2.25. The molecule has 0 aliphatic heterocycles. The quantitative estimate of drug-likeness (QED) is 0.779. The van der Waals surface area contributed by atoms with E-state index in [1.54, 1.807) is 23.7 Å². The number of nitrogens with zero attached hydrogens (tertiary/aromatic N) is 2. The van der Waals surface area contributed by atoms with Crippen LogP contribution in [0.2, 0.25) is 0 Å². The van der Waals surface area contributed by atoms with Crippen LogP contribution in [0.5, 0.6) is 0 Å². The van der Waals surface area contributed by atoms with E-state index in [4.69, 9.17) is 10.2 Å². The average Bonchev–Trinajstić information content (AvgIpc) is 2.79. The van der Waals surface area contributed by atoms with Crippen LogP contribution in [0.15, 0.2) is 28.1 Å². The molecule has 0 spiro atoms. The van der Waals surface area contributed by atoms with Gasteiger partial charge < -0.3 is 10.2 Å². The van der Waals surface area contributed by atoms with Crippen LogP contribution in [0.25, 0.3) is 0 Å². The SMILES string of the molecule is Nc1ccc(N(C=O)c2nccs2)o1. The van der Waals surface area contributed by atoms with Crippen molar-refractivity contribution < 1.29 is 9.21 Å². The highest BCUT2D eigenvalue weighted by Gasteiger charge is 2.13. The fraction of sp³-hybridized carbons (Fsp3) is 0. The molecule has 0 aliphatic carbocycles. The Morgan fingerprint density at radius 2 is 2.43 bits per heavy atom. The second-order valence-corrected chi connectivity index (χ2v) is 3.34. The number of nitrogen functional groups attached to an aromatic ring is 1. The first kappa shape index (κ1) is 8.76. The molecule has 2 aromatic rings. The largest absolute Gasteiger partial charge is 0.425 e. The van der Waals surface area contributed by atoms with Gasteiger partial charge in [-0.15, -0.1) is 11.3 Å². The fourth-order valence-corrected chi connectivity index (χ4v) is 1.61. The lowest BCUT2D eigenvalue weighted by Gasteiger charge is -2.08. The van der Waals surface area contributed by atoms with Crippen LogP contribution in [-0.2, 0) is 4.79 Å². The second kappa shape index (κ2) is 3.51. The highest BCUT2D eigenvalue weighted by atomic mass is 32.1. The number of nitrogens with two attached hydrogens (primary N) is 1. The van der Waals surface area contributed by atoms with Crippen molar-refractivity contribution in [1.82, 2.24) is 4.98 Å². The van der Waals surface area contributed by atoms with Crippen molar-refractivity contribution in [3.8, 4) is 0 Å². The van der Waals surface area contributed by atoms with Crippen LogP contribution in [0.4, 0.5) is 16.9 Å². The number of rotatable bonds is 3. The first-order chi connectivity index (χ1) is 6.81. The third-order valence-corrected chi connectivity index (χ3v) is 2.35. The molecule has 14 heavy (non-hydrogen) atoms. The Labute approximate surface area is 83.8 Å². The number of carbonyl (C=O) groups excluding carboxylic acids is 1. The normalized spacial score (nSPS) is 10.0. The van der Waals surface area contributed by atoms with Crippen LogP contribution in [0, 0.1) is 0 Å². The molecular formula is C8H7N3O2S. The zero-order chi connectivity index (χ0) is 9.97. The predicted octanol–water partition coefficient (Wildman–Crippen LogP) is 1.61. The first-order valence-corrected chi connectivity index (χ1v) is 4.68. The van der Waals surface area contributed by atoms with E-state index in [1.807, 2.05) is 0 Å². The van der Waals surface area contributed by atoms with Gasteiger partial charge in [-0.25, -0.2) is 9.88 Å². The van der Waals surface area contributed by atoms with Crippen molar-refractivity contribution in [3.63, 3.8) is 0 Å². The number of thiazole rings is 1. The van der Waals surface area contributed by atoms with Gasteiger partial charge in [0, 0.05) is 23.7 Å². The van der Waals surface area contributed by atoms with E-state index < -0.39 is 0 Å². The van der Waals surface area contributed by atoms with E-state index in [-0.39, 0.29) is 5.88 Å². The minimum absolute atomic E-state index is 0.267. The summed E-state index contributed by atoms with van der Waals surface area (Å²) >= 11 is 1.34. The summed E-state index contributed by atoms with van der Waals surface area (Å²) < 4.78 is 5.10. The molecule has 0 radical (unpaired) electrons. The summed E-state index contributed by atoms with van der Waals surface area (Å²) in [6, 6.07) is 3.20. The van der Waals surface area contributed by atoms with Gasteiger partial charge in [0.1, 0.15) is 0 Å². The van der Waals surface area contributed by atoms with Crippen LogP contribution in [0.3, 0.4) is 0 Å². The number of hydrogen-bond donors (Lipinski definition) is 1. The van der Waals surface area contributed by atoms with Crippen LogP contribution >= 0.6 is 11.3 Å². The number of hydrogen-bond acceptors (Lipinski definition) is 5. The lowest BCUT2D eigenvalue weighted by Crippen LogP contribution is -2.12. The Kier molecular flexibility index (Phi) is 2.19. The maximum absolute atomic E-state index is 10.8. The highest BCUT2D eigenvalue weighted by molar-refractivity contribution is 7.13. The lowest BCUT2D eigenvalue weighted by molar-refractivity contribution is -0.107. The summed E-state index contributed by atoms with van der Waals surface area (Å²) in [7, 11) is 0. The molecule has 0 aromatic carbocycles. The van der Waals surface area contributed by atoms with Gasteiger partial charge in [0.05, 0.1) is 0 Å². The monoisotopic (exact) mass is 209 g/mol. The van der Waals surface area contributed by atoms with Gasteiger partial charge in [-0.2, -0.15) is 0 Å². The zero-order valence-corrected chi connectivity index (χ0v) is 7.90. The summed E-state index contributed by atoms with van der Waals surface area (Å²) in [5.41, 5.74) is 5.40. The number of anilines is 3. The number of furan rings is 1. The molecule has 0 fully saturated rings. The van der Waals surface area contributed by atoms with Crippen molar-refractivity contribution >= 4 is 34.6 Å². The van der Waals surface area contributed by atoms with Gasteiger partial charge in [-0.3, -0.25) is 4.79 Å². The molecule has 72 valence electrons. The molecule has 2 N–H and O–H groups in total. The van der Waals surface area contributed by atoms with E-state index in [9.17, 15) is 4.79 Å². The highest BCUT2D eigenvalue weighted by Crippen LogP contribution is 2.27. The van der Waals surface area contributed by atoms with Crippen LogP contribution in [0.1, 0.15) is 0 Å². The molecule has 2 heterocycles. The molecule has 0 bridgehead atoms. The summed E-state index contributed by atoms with van der Waals surface area (Å²) in [5, 5.41) is 2.33. The standard InChI is InChI=1S/C8H7N3O2S/c9-6-1-2-7(13-6)11(5-12)8-10-3-4-14-8/h1-5H,9H2. The number of aromatic nitrogens is 1. The third kappa shape index (κ3) is 1.47. The summed E-state index contributed by atoms with van der Waals surface area (Å²) in [5.74, 6) is 0.635. The van der Waals surface area contributed by atoms with E-state index in [0.717, 1.165) is 0 Å². The van der Waals surface area contributed by atoms with Gasteiger partial charge in [0.2, 0.25) is 12.3 Å². The lowest BCUT2D eigenvalue weighted by atomic mass is 10.5. The predicted molar refractivity (Wildman–Crippen MR) is 53.4 cm³/mol. The molecule has 5 nitrogen and oxygen atoms in total. The molecule has 1 amide bonds. The Hall–Kier alpha value is -1.82. The van der Waals surface area contributed by atoms with Gasteiger partial charge in [0.25, 0.3) is 0 Å². The Balaban J connectivity index is 2.35. The Morgan fingerprint density at radius 3 is 2.93 bits per heavy atom. The maximum Gasteiger partial charge on any atom is 0.222 e. The summed E-state index contributed by atoms with van der Waals surface area (Å²) in [6.45, 7) is 0. The third-order valence-electron chi connectivity index (χ3n) is 1.58. The topological polar surface area (TPSA) is 72.4 Å². The minimum Gasteiger partial charge on any atom is -0.425 e. The molecule has 0 atom stereocenters. The molecule has 0 saturated carbocycles. The van der Waals surface area contributed by atoms with Crippen LogP contribution < -0.4 is 10.6 Å². The number of carbonyl (C=O) groups is 1. The van der Waals surface area contributed by atoms with Crippen molar-refractivity contribution in [2.75, 3.05) is 10.6 Å². The minimum atomic E-state index is 0.267. The molecule has 2 aromatic heterocycles. The molecule has 0 aliphatic rings. The first-order valence-electron chi connectivity index (χ1n) is 3.80. The second-order valence-electron chi connectivity index (χ2n) is 2.47. The van der Waals surface area contributed by atoms with Gasteiger partial charge >= 0.3 is 0 Å². The summed E-state index contributed by atoms with van der Waals surface area (Å²) in [4.78, 5) is 16.1. The van der Waals surface area contributed by atoms with E-state index in [0.29, 0.717) is 17.4 Å². The van der Waals surface area contributed by atoms with Crippen molar-refractivity contribution in [2.24, 2.45) is 0 Å². The Morgan fingerprint density at radius 1 is 1.57 bits per heavy atom. The van der Waals surface area contributed by atoms with E-state index >= 15 is 0 Å². The molecule has 0 saturated heterocycles. The van der Waals surface area contributed by atoms with Gasteiger partial charge in [-0.1, -0.05) is 0 Å². The molecule has 6 heteroatoms. The Bertz CT molecular complexity index is 423. The van der Waals surface area contributed by atoms with Crippen LogP contribution in [-0.4, -0.2) is 11.4 Å². The molecule has 2 rings (SSSR count). The number of amides is 1. The average molecular weight is 209 g/mol.